The van der Waals surface area contributed by atoms with Crippen LogP contribution in [0.3, 0.4) is 0 Å². The molecule has 1 unspecified atom stereocenters. The van der Waals surface area contributed by atoms with Crippen LogP contribution < -0.4 is 10.6 Å². The van der Waals surface area contributed by atoms with Crippen LogP contribution in [-0.4, -0.2) is 27.8 Å². The first-order valence-electron chi connectivity index (χ1n) is 6.05. The molecule has 2 aromatic rings. The van der Waals surface area contributed by atoms with Crippen LogP contribution >= 0.6 is 22.7 Å². The summed E-state index contributed by atoms with van der Waals surface area (Å²) in [6, 6.07) is 0.581. The van der Waals surface area contributed by atoms with Gasteiger partial charge in [-0.15, -0.1) is 21.5 Å². The van der Waals surface area contributed by atoms with E-state index in [4.69, 9.17) is 5.73 Å². The summed E-state index contributed by atoms with van der Waals surface area (Å²) >= 11 is 3.06. The monoisotopic (exact) mass is 281 g/mol. The molecule has 1 atom stereocenters. The molecule has 18 heavy (non-hydrogen) atoms. The Morgan fingerprint density at radius 1 is 1.39 bits per heavy atom. The third-order valence-corrected chi connectivity index (χ3v) is 4.85. The van der Waals surface area contributed by atoms with Gasteiger partial charge in [0.25, 0.3) is 0 Å². The van der Waals surface area contributed by atoms with Crippen LogP contribution in [0, 0.1) is 0 Å². The summed E-state index contributed by atoms with van der Waals surface area (Å²) in [6.07, 6.45) is 3.83. The number of rotatable bonds is 2. The van der Waals surface area contributed by atoms with E-state index in [0.717, 1.165) is 22.4 Å². The first kappa shape index (κ1) is 11.9. The van der Waals surface area contributed by atoms with Crippen molar-refractivity contribution in [1.29, 1.82) is 0 Å². The molecule has 96 valence electrons. The molecule has 0 saturated carbocycles. The summed E-state index contributed by atoms with van der Waals surface area (Å²) in [7, 11) is 0. The van der Waals surface area contributed by atoms with Gasteiger partial charge in [-0.3, -0.25) is 0 Å². The van der Waals surface area contributed by atoms with Crippen molar-refractivity contribution in [3.63, 3.8) is 0 Å². The molecule has 0 bridgehead atoms. The van der Waals surface area contributed by atoms with E-state index in [2.05, 4.69) is 27.0 Å². The predicted molar refractivity (Wildman–Crippen MR) is 76.1 cm³/mol. The van der Waals surface area contributed by atoms with Gasteiger partial charge in [-0.2, -0.15) is 0 Å². The molecule has 1 aliphatic rings. The van der Waals surface area contributed by atoms with Crippen molar-refractivity contribution in [3.8, 4) is 10.7 Å². The number of nitrogens with zero attached hydrogens (tertiary/aromatic N) is 4. The fraction of sp³-hybridized carbons (Fsp3) is 0.545. The van der Waals surface area contributed by atoms with Crippen molar-refractivity contribution >= 4 is 32.9 Å². The van der Waals surface area contributed by atoms with Crippen molar-refractivity contribution in [1.82, 2.24) is 15.2 Å². The zero-order valence-corrected chi connectivity index (χ0v) is 11.8. The Morgan fingerprint density at radius 2 is 2.28 bits per heavy atom. The third-order valence-electron chi connectivity index (χ3n) is 3.20. The third kappa shape index (κ3) is 2.20. The molecule has 0 radical (unpaired) electrons. The number of nitrogen functional groups attached to an aromatic ring is 1. The largest absolute Gasteiger partial charge is 0.374 e. The van der Waals surface area contributed by atoms with Crippen LogP contribution in [0.5, 0.6) is 0 Å². The summed E-state index contributed by atoms with van der Waals surface area (Å²) in [5.41, 5.74) is 6.49. The fourth-order valence-corrected chi connectivity index (χ4v) is 3.80. The minimum atomic E-state index is 0.492. The van der Waals surface area contributed by atoms with Crippen molar-refractivity contribution in [2.45, 2.75) is 32.2 Å². The van der Waals surface area contributed by atoms with Gasteiger partial charge in [0, 0.05) is 18.0 Å². The van der Waals surface area contributed by atoms with Crippen molar-refractivity contribution in [2.75, 3.05) is 17.2 Å². The van der Waals surface area contributed by atoms with Crippen LogP contribution in [0.25, 0.3) is 10.7 Å². The number of thiazole rings is 1. The molecule has 2 aromatic heterocycles. The van der Waals surface area contributed by atoms with E-state index in [1.54, 1.807) is 11.3 Å². The molecule has 3 rings (SSSR count). The van der Waals surface area contributed by atoms with E-state index in [-0.39, 0.29) is 0 Å². The van der Waals surface area contributed by atoms with E-state index in [0.29, 0.717) is 11.2 Å². The molecule has 0 aromatic carbocycles. The van der Waals surface area contributed by atoms with Gasteiger partial charge in [-0.25, -0.2) is 4.98 Å². The maximum absolute atomic E-state index is 5.60. The highest BCUT2D eigenvalue weighted by molar-refractivity contribution is 7.19. The summed E-state index contributed by atoms with van der Waals surface area (Å²) in [5, 5.41) is 12.3. The van der Waals surface area contributed by atoms with E-state index in [1.165, 1.54) is 30.6 Å². The maximum Gasteiger partial charge on any atom is 0.203 e. The van der Waals surface area contributed by atoms with Crippen LogP contribution in [0.15, 0.2) is 5.38 Å². The highest BCUT2D eigenvalue weighted by Gasteiger charge is 2.21. The predicted octanol–water partition coefficient (Wildman–Crippen LogP) is 2.62. The van der Waals surface area contributed by atoms with Gasteiger partial charge in [-0.05, 0) is 26.2 Å². The lowest BCUT2D eigenvalue weighted by atomic mass is 10.1. The standard InChI is InChI=1S/C11H15N5S2/c1-7-4-2-3-5-16(7)11-13-8(6-17-11)9-14-15-10(12)18-9/h6-7H,2-5H2,1H3,(H2,12,15). The Hall–Kier alpha value is -1.21. The lowest BCUT2D eigenvalue weighted by Crippen LogP contribution is -2.37. The van der Waals surface area contributed by atoms with Crippen molar-refractivity contribution in [3.05, 3.63) is 5.38 Å². The number of anilines is 2. The zero-order chi connectivity index (χ0) is 12.5. The van der Waals surface area contributed by atoms with E-state index in [1.807, 2.05) is 5.38 Å². The molecule has 2 N–H and O–H groups in total. The molecule has 0 aliphatic carbocycles. The molecule has 7 heteroatoms. The number of nitrogens with two attached hydrogens (primary N) is 1. The van der Waals surface area contributed by atoms with E-state index >= 15 is 0 Å². The summed E-state index contributed by atoms with van der Waals surface area (Å²) < 4.78 is 0. The average Bonchev–Trinajstić information content (AvgIpc) is 2.98. The van der Waals surface area contributed by atoms with Crippen LogP contribution in [0.1, 0.15) is 26.2 Å². The van der Waals surface area contributed by atoms with Crippen molar-refractivity contribution in [2.24, 2.45) is 0 Å². The number of hydrogen-bond donors (Lipinski definition) is 1. The highest BCUT2D eigenvalue weighted by atomic mass is 32.1. The molecular formula is C11H15N5S2. The number of piperidine rings is 1. The second kappa shape index (κ2) is 4.81. The summed E-state index contributed by atoms with van der Waals surface area (Å²) in [5.74, 6) is 0. The lowest BCUT2D eigenvalue weighted by Gasteiger charge is -2.33. The van der Waals surface area contributed by atoms with Crippen molar-refractivity contribution < 1.29 is 0 Å². The summed E-state index contributed by atoms with van der Waals surface area (Å²) in [4.78, 5) is 7.06. The second-order valence-electron chi connectivity index (χ2n) is 4.50. The first-order chi connectivity index (χ1) is 8.74. The van der Waals surface area contributed by atoms with Gasteiger partial charge in [0.2, 0.25) is 5.13 Å². The molecule has 3 heterocycles. The Labute approximate surface area is 114 Å². The molecule has 0 spiro atoms. The van der Waals surface area contributed by atoms with E-state index in [9.17, 15) is 0 Å². The molecule has 0 amide bonds. The Kier molecular flexibility index (Phi) is 3.17. The molecule has 1 saturated heterocycles. The van der Waals surface area contributed by atoms with Crippen LogP contribution in [0.2, 0.25) is 0 Å². The molecule has 5 nitrogen and oxygen atoms in total. The number of aromatic nitrogens is 3. The molecular weight excluding hydrogens is 266 g/mol. The topological polar surface area (TPSA) is 67.9 Å². The maximum atomic E-state index is 5.60. The Balaban J connectivity index is 1.84. The average molecular weight is 281 g/mol. The normalized spacial score (nSPS) is 20.3. The molecule has 1 aliphatic heterocycles. The lowest BCUT2D eigenvalue weighted by molar-refractivity contribution is 0.484. The van der Waals surface area contributed by atoms with Gasteiger partial charge in [0.1, 0.15) is 5.69 Å². The second-order valence-corrected chi connectivity index (χ2v) is 6.34. The molecule has 1 fully saturated rings. The van der Waals surface area contributed by atoms with Gasteiger partial charge in [0.05, 0.1) is 0 Å². The smallest absolute Gasteiger partial charge is 0.203 e. The van der Waals surface area contributed by atoms with Crippen LogP contribution in [0.4, 0.5) is 10.3 Å². The quantitative estimate of drug-likeness (QED) is 0.916. The highest BCUT2D eigenvalue weighted by Crippen LogP contribution is 2.32. The SMILES string of the molecule is CC1CCCCN1c1nc(-c2nnc(N)s2)cs1. The minimum Gasteiger partial charge on any atom is -0.374 e. The minimum absolute atomic E-state index is 0.492. The van der Waals surface area contributed by atoms with Crippen LogP contribution in [-0.2, 0) is 0 Å². The zero-order valence-electron chi connectivity index (χ0n) is 10.2. The van der Waals surface area contributed by atoms with Gasteiger partial charge < -0.3 is 10.6 Å². The Bertz CT molecular complexity index is 535. The van der Waals surface area contributed by atoms with Gasteiger partial charge >= 0.3 is 0 Å². The first-order valence-corrected chi connectivity index (χ1v) is 7.75. The van der Waals surface area contributed by atoms with Gasteiger partial charge in [0.15, 0.2) is 10.1 Å². The van der Waals surface area contributed by atoms with Gasteiger partial charge in [-0.1, -0.05) is 11.3 Å². The Morgan fingerprint density at radius 3 is 3.00 bits per heavy atom. The van der Waals surface area contributed by atoms with E-state index < -0.39 is 0 Å². The number of hydrogen-bond acceptors (Lipinski definition) is 7. The summed E-state index contributed by atoms with van der Waals surface area (Å²) in [6.45, 7) is 3.37. The fourth-order valence-electron chi connectivity index (χ4n) is 2.21.